The van der Waals surface area contributed by atoms with E-state index in [2.05, 4.69) is 20.7 Å². The minimum Gasteiger partial charge on any atom is -0.406 e. The molecule has 1 aromatic rings. The van der Waals surface area contributed by atoms with E-state index < -0.39 is 24.1 Å². The number of hydrogen-bond acceptors (Lipinski definition) is 4. The first-order valence-electron chi connectivity index (χ1n) is 6.00. The van der Waals surface area contributed by atoms with Gasteiger partial charge in [-0.2, -0.15) is 0 Å². The Morgan fingerprint density at radius 2 is 2.14 bits per heavy atom. The SMILES string of the molecule is O=C1CNC[C@H](C(=O)Nc2cccc(OC(F)(F)F)c2)N1. The van der Waals surface area contributed by atoms with Crippen LogP contribution >= 0.6 is 0 Å². The maximum atomic E-state index is 12.1. The van der Waals surface area contributed by atoms with Crippen molar-refractivity contribution in [1.29, 1.82) is 0 Å². The van der Waals surface area contributed by atoms with Crippen LogP contribution in [0.4, 0.5) is 18.9 Å². The van der Waals surface area contributed by atoms with Gasteiger partial charge in [0.15, 0.2) is 0 Å². The molecule has 6 nitrogen and oxygen atoms in total. The average Bonchev–Trinajstić information content (AvgIpc) is 2.37. The van der Waals surface area contributed by atoms with E-state index in [1.54, 1.807) is 0 Å². The highest BCUT2D eigenvalue weighted by atomic mass is 19.4. The lowest BCUT2D eigenvalue weighted by Crippen LogP contribution is -2.57. The van der Waals surface area contributed by atoms with Gasteiger partial charge in [0.1, 0.15) is 11.8 Å². The van der Waals surface area contributed by atoms with E-state index in [4.69, 9.17) is 0 Å². The normalized spacial score (nSPS) is 18.8. The molecule has 1 aliphatic heterocycles. The minimum atomic E-state index is -4.80. The largest absolute Gasteiger partial charge is 0.573 e. The van der Waals surface area contributed by atoms with Crippen LogP contribution < -0.4 is 20.7 Å². The summed E-state index contributed by atoms with van der Waals surface area (Å²) in [5, 5.41) is 7.63. The summed E-state index contributed by atoms with van der Waals surface area (Å²) in [4.78, 5) is 23.0. The fourth-order valence-electron chi connectivity index (χ4n) is 1.79. The monoisotopic (exact) mass is 303 g/mol. The third kappa shape index (κ3) is 4.63. The maximum Gasteiger partial charge on any atom is 0.573 e. The number of benzene rings is 1. The predicted molar refractivity (Wildman–Crippen MR) is 66.6 cm³/mol. The van der Waals surface area contributed by atoms with Gasteiger partial charge in [-0.25, -0.2) is 0 Å². The Morgan fingerprint density at radius 3 is 2.81 bits per heavy atom. The van der Waals surface area contributed by atoms with Gasteiger partial charge in [-0.15, -0.1) is 13.2 Å². The van der Waals surface area contributed by atoms with Crippen LogP contribution in [0.2, 0.25) is 0 Å². The van der Waals surface area contributed by atoms with E-state index >= 15 is 0 Å². The van der Waals surface area contributed by atoms with Crippen molar-refractivity contribution in [1.82, 2.24) is 10.6 Å². The number of ether oxygens (including phenoxy) is 1. The van der Waals surface area contributed by atoms with Gasteiger partial charge < -0.3 is 20.7 Å². The molecule has 9 heteroatoms. The number of rotatable bonds is 3. The van der Waals surface area contributed by atoms with Gasteiger partial charge in [0.05, 0.1) is 6.54 Å². The Balaban J connectivity index is 2.00. The first-order chi connectivity index (χ1) is 9.83. The summed E-state index contributed by atoms with van der Waals surface area (Å²) in [6, 6.07) is 4.11. The molecule has 0 unspecified atom stereocenters. The number of alkyl halides is 3. The topological polar surface area (TPSA) is 79.5 Å². The summed E-state index contributed by atoms with van der Waals surface area (Å²) in [6.07, 6.45) is -4.80. The number of carbonyl (C=O) groups excluding carboxylic acids is 2. The molecule has 0 spiro atoms. The first-order valence-corrected chi connectivity index (χ1v) is 6.00. The molecule has 0 aromatic heterocycles. The summed E-state index contributed by atoms with van der Waals surface area (Å²) in [5.74, 6) is -1.29. The number of piperazine rings is 1. The number of amides is 2. The molecule has 1 aliphatic rings. The zero-order valence-corrected chi connectivity index (χ0v) is 10.7. The van der Waals surface area contributed by atoms with E-state index in [-0.39, 0.29) is 24.7 Å². The molecule has 0 bridgehead atoms. The molecule has 1 saturated heterocycles. The van der Waals surface area contributed by atoms with Crippen molar-refractivity contribution in [2.45, 2.75) is 12.4 Å². The van der Waals surface area contributed by atoms with Crippen LogP contribution in [-0.2, 0) is 9.59 Å². The standard InChI is InChI=1S/C12H12F3N3O3/c13-12(14,15)21-8-3-1-2-7(4-8)17-11(20)9-5-16-6-10(19)18-9/h1-4,9,16H,5-6H2,(H,17,20)(H,18,19)/t9-/m1/s1. The van der Waals surface area contributed by atoms with Crippen LogP contribution in [0.3, 0.4) is 0 Å². The lowest BCUT2D eigenvalue weighted by Gasteiger charge is -2.23. The van der Waals surface area contributed by atoms with Gasteiger partial charge in [0.2, 0.25) is 11.8 Å². The Kier molecular flexibility index (Phi) is 4.32. The second kappa shape index (κ2) is 6.00. The van der Waals surface area contributed by atoms with Gasteiger partial charge in [-0.05, 0) is 12.1 Å². The van der Waals surface area contributed by atoms with Gasteiger partial charge in [0.25, 0.3) is 0 Å². The number of anilines is 1. The molecule has 21 heavy (non-hydrogen) atoms. The molecule has 114 valence electrons. The average molecular weight is 303 g/mol. The van der Waals surface area contributed by atoms with E-state index in [0.717, 1.165) is 12.1 Å². The minimum absolute atomic E-state index is 0.124. The van der Waals surface area contributed by atoms with Gasteiger partial charge in [0, 0.05) is 18.3 Å². The molecule has 0 saturated carbocycles. The number of hydrogen-bond donors (Lipinski definition) is 3. The second-order valence-electron chi connectivity index (χ2n) is 4.32. The summed E-state index contributed by atoms with van der Waals surface area (Å²) in [5.41, 5.74) is 0.140. The third-order valence-corrected chi connectivity index (χ3v) is 2.62. The highest BCUT2D eigenvalue weighted by Crippen LogP contribution is 2.25. The lowest BCUT2D eigenvalue weighted by molar-refractivity contribution is -0.274. The molecule has 3 N–H and O–H groups in total. The zero-order chi connectivity index (χ0) is 15.5. The van der Waals surface area contributed by atoms with Crippen LogP contribution in [0.5, 0.6) is 5.75 Å². The number of carbonyl (C=O) groups is 2. The molecular weight excluding hydrogens is 291 g/mol. The first kappa shape index (κ1) is 15.1. The van der Waals surface area contributed by atoms with Crippen molar-refractivity contribution in [2.24, 2.45) is 0 Å². The van der Waals surface area contributed by atoms with E-state index in [1.807, 2.05) is 0 Å². The van der Waals surface area contributed by atoms with Crippen LogP contribution in [0.25, 0.3) is 0 Å². The van der Waals surface area contributed by atoms with Gasteiger partial charge in [-0.3, -0.25) is 9.59 Å². The molecule has 2 amide bonds. The third-order valence-electron chi connectivity index (χ3n) is 2.62. The Bertz CT molecular complexity index is 548. The molecule has 1 fully saturated rings. The fraction of sp³-hybridized carbons (Fsp3) is 0.333. The second-order valence-corrected chi connectivity index (χ2v) is 4.32. The molecule has 0 radical (unpaired) electrons. The predicted octanol–water partition coefficient (Wildman–Crippen LogP) is 0.612. The van der Waals surface area contributed by atoms with Crippen molar-refractivity contribution < 1.29 is 27.5 Å². The van der Waals surface area contributed by atoms with Crippen LogP contribution in [0, 0.1) is 0 Å². The molecule has 1 heterocycles. The number of nitrogens with one attached hydrogen (secondary N) is 3. The quantitative estimate of drug-likeness (QED) is 0.764. The fourth-order valence-corrected chi connectivity index (χ4v) is 1.79. The summed E-state index contributed by atoms with van der Waals surface area (Å²) in [7, 11) is 0. The van der Waals surface area contributed by atoms with Crippen LogP contribution in [-0.4, -0.2) is 37.3 Å². The Hall–Kier alpha value is -2.29. The van der Waals surface area contributed by atoms with Gasteiger partial charge in [-0.1, -0.05) is 6.07 Å². The van der Waals surface area contributed by atoms with E-state index in [1.165, 1.54) is 12.1 Å². The Labute approximate surface area is 117 Å². The summed E-state index contributed by atoms with van der Waals surface area (Å²) < 4.78 is 40.1. The molecular formula is C12H12F3N3O3. The van der Waals surface area contributed by atoms with E-state index in [0.29, 0.717) is 0 Å². The zero-order valence-electron chi connectivity index (χ0n) is 10.7. The van der Waals surface area contributed by atoms with Crippen LogP contribution in [0.1, 0.15) is 0 Å². The van der Waals surface area contributed by atoms with E-state index in [9.17, 15) is 22.8 Å². The van der Waals surface area contributed by atoms with Crippen molar-refractivity contribution in [3.8, 4) is 5.75 Å². The lowest BCUT2D eigenvalue weighted by atomic mass is 10.2. The number of halogens is 3. The van der Waals surface area contributed by atoms with Crippen LogP contribution in [0.15, 0.2) is 24.3 Å². The highest BCUT2D eigenvalue weighted by molar-refractivity contribution is 5.98. The molecule has 1 atom stereocenters. The Morgan fingerprint density at radius 1 is 1.38 bits per heavy atom. The van der Waals surface area contributed by atoms with Crippen molar-refractivity contribution >= 4 is 17.5 Å². The molecule has 0 aliphatic carbocycles. The smallest absolute Gasteiger partial charge is 0.406 e. The summed E-state index contributed by atoms with van der Waals surface area (Å²) >= 11 is 0. The van der Waals surface area contributed by atoms with Crippen molar-refractivity contribution in [3.05, 3.63) is 24.3 Å². The highest BCUT2D eigenvalue weighted by Gasteiger charge is 2.31. The van der Waals surface area contributed by atoms with Gasteiger partial charge >= 0.3 is 6.36 Å². The van der Waals surface area contributed by atoms with Crippen molar-refractivity contribution in [3.63, 3.8) is 0 Å². The maximum absolute atomic E-state index is 12.1. The van der Waals surface area contributed by atoms with Crippen molar-refractivity contribution in [2.75, 3.05) is 18.4 Å². The molecule has 2 rings (SSSR count). The summed E-state index contributed by atoms with van der Waals surface area (Å²) in [6.45, 7) is 0.370. The molecule has 1 aromatic carbocycles.